The van der Waals surface area contributed by atoms with Crippen molar-refractivity contribution in [2.45, 2.75) is 12.2 Å². The number of methoxy groups -OCH3 is 1. The Morgan fingerprint density at radius 3 is 2.62 bits per heavy atom. The summed E-state index contributed by atoms with van der Waals surface area (Å²) in [6.07, 6.45) is 1.16. The lowest BCUT2D eigenvalue weighted by Crippen LogP contribution is -2.32. The van der Waals surface area contributed by atoms with Crippen LogP contribution in [-0.4, -0.2) is 26.4 Å². The van der Waals surface area contributed by atoms with E-state index >= 15 is 0 Å². The van der Waals surface area contributed by atoms with Crippen molar-refractivity contribution in [3.63, 3.8) is 0 Å². The first-order valence-corrected chi connectivity index (χ1v) is 9.16. The highest BCUT2D eigenvalue weighted by atomic mass is 35.5. The number of amides is 1. The fourth-order valence-corrected chi connectivity index (χ4v) is 3.42. The molecule has 0 aliphatic heterocycles. The van der Waals surface area contributed by atoms with E-state index < -0.39 is 15.9 Å². The Hall–Kier alpha value is -1.83. The maximum Gasteiger partial charge on any atom is 0.239 e. The van der Waals surface area contributed by atoms with Crippen molar-refractivity contribution >= 4 is 39.1 Å². The normalized spacial score (nSPS) is 11.1. The van der Waals surface area contributed by atoms with Gasteiger partial charge in [0.2, 0.25) is 15.9 Å². The number of hydrogen-bond acceptors (Lipinski definition) is 5. The van der Waals surface area contributed by atoms with E-state index in [9.17, 15) is 13.2 Å². The molecule has 1 N–H and O–H groups in total. The summed E-state index contributed by atoms with van der Waals surface area (Å²) in [5.74, 6) is -0.610. The fourth-order valence-electron chi connectivity index (χ4n) is 2.02. The summed E-state index contributed by atoms with van der Waals surface area (Å²) in [5, 5.41) is 0.682. The maximum atomic E-state index is 12.1. The van der Waals surface area contributed by atoms with Gasteiger partial charge in [-0.15, -0.1) is 0 Å². The first-order valence-electron chi connectivity index (χ1n) is 6.75. The van der Waals surface area contributed by atoms with Crippen LogP contribution in [0.25, 0.3) is 0 Å². The van der Waals surface area contributed by atoms with Crippen LogP contribution >= 0.6 is 23.2 Å². The van der Waals surface area contributed by atoms with Crippen LogP contribution in [0.4, 0.5) is 0 Å². The molecule has 0 saturated heterocycles. The van der Waals surface area contributed by atoms with Crippen molar-refractivity contribution in [1.29, 1.82) is 0 Å². The Morgan fingerprint density at radius 1 is 1.25 bits per heavy atom. The highest BCUT2D eigenvalue weighted by Crippen LogP contribution is 2.23. The quantitative estimate of drug-likeness (QED) is 0.768. The number of benzene rings is 1. The first-order chi connectivity index (χ1) is 11.3. The molecule has 128 valence electrons. The van der Waals surface area contributed by atoms with Crippen LogP contribution < -0.4 is 9.46 Å². The number of hydrogen-bond donors (Lipinski definition) is 1. The summed E-state index contributed by atoms with van der Waals surface area (Å²) in [4.78, 5) is 15.8. The fraction of sp³-hybridized carbons (Fsp3) is 0.200. The zero-order chi connectivity index (χ0) is 17.7. The predicted octanol–water partition coefficient (Wildman–Crippen LogP) is 2.59. The molecule has 0 aliphatic rings. The largest absolute Gasteiger partial charge is 0.496 e. The summed E-state index contributed by atoms with van der Waals surface area (Å²) in [6, 6.07) is 7.78. The van der Waals surface area contributed by atoms with Crippen LogP contribution in [-0.2, 0) is 27.0 Å². The minimum absolute atomic E-state index is 0.179. The smallest absolute Gasteiger partial charge is 0.239 e. The molecular weight excluding hydrogens is 375 g/mol. The molecule has 1 heterocycles. The van der Waals surface area contributed by atoms with E-state index in [1.165, 1.54) is 25.4 Å². The Labute approximate surface area is 149 Å². The Balaban J connectivity index is 2.05. The number of carbonyl (C=O) groups is 1. The third kappa shape index (κ3) is 5.36. The minimum atomic E-state index is -3.85. The third-order valence-electron chi connectivity index (χ3n) is 3.01. The molecule has 9 heteroatoms. The van der Waals surface area contributed by atoms with E-state index in [1.54, 1.807) is 18.2 Å². The van der Waals surface area contributed by atoms with Gasteiger partial charge in [-0.2, -0.15) is 0 Å². The van der Waals surface area contributed by atoms with Crippen molar-refractivity contribution in [3.05, 3.63) is 57.8 Å². The molecule has 6 nitrogen and oxygen atoms in total. The molecule has 2 aromatic rings. The summed E-state index contributed by atoms with van der Waals surface area (Å²) < 4.78 is 31.3. The number of halogens is 2. The second kappa shape index (κ2) is 7.83. The zero-order valence-electron chi connectivity index (χ0n) is 12.6. The lowest BCUT2D eigenvalue weighted by Gasteiger charge is -2.10. The first kappa shape index (κ1) is 18.5. The highest BCUT2D eigenvalue weighted by Gasteiger charge is 2.17. The molecule has 1 aromatic heterocycles. The van der Waals surface area contributed by atoms with Crippen molar-refractivity contribution in [3.8, 4) is 5.75 Å². The van der Waals surface area contributed by atoms with E-state index in [0.717, 1.165) is 0 Å². The number of sulfonamides is 1. The van der Waals surface area contributed by atoms with Crippen LogP contribution in [0.1, 0.15) is 11.1 Å². The monoisotopic (exact) mass is 388 g/mol. The van der Waals surface area contributed by atoms with Crippen LogP contribution in [0.5, 0.6) is 5.75 Å². The number of nitrogens with one attached hydrogen (secondary N) is 1. The number of carbonyl (C=O) groups excluding carboxylic acids is 1. The van der Waals surface area contributed by atoms with Gasteiger partial charge in [0.05, 0.1) is 19.3 Å². The van der Waals surface area contributed by atoms with Gasteiger partial charge in [0.15, 0.2) is 0 Å². The average Bonchev–Trinajstić information content (AvgIpc) is 2.49. The SMILES string of the molecule is COc1ccc(Cl)cc1CC(=O)NS(=O)(=O)Cc1ccc(Cl)nc1. The van der Waals surface area contributed by atoms with Gasteiger partial charge in [-0.1, -0.05) is 29.3 Å². The van der Waals surface area contributed by atoms with Gasteiger partial charge in [0, 0.05) is 16.8 Å². The topological polar surface area (TPSA) is 85.4 Å². The van der Waals surface area contributed by atoms with Crippen molar-refractivity contribution in [1.82, 2.24) is 9.71 Å². The molecule has 1 amide bonds. The summed E-state index contributed by atoms with van der Waals surface area (Å²) in [6.45, 7) is 0. The Kier molecular flexibility index (Phi) is 6.04. The molecule has 0 unspecified atom stereocenters. The molecule has 0 atom stereocenters. The molecule has 24 heavy (non-hydrogen) atoms. The van der Waals surface area contributed by atoms with Crippen molar-refractivity contribution in [2.75, 3.05) is 7.11 Å². The molecule has 0 spiro atoms. The van der Waals surface area contributed by atoms with Crippen molar-refractivity contribution < 1.29 is 17.9 Å². The zero-order valence-corrected chi connectivity index (χ0v) is 15.0. The van der Waals surface area contributed by atoms with Crippen LogP contribution in [0.3, 0.4) is 0 Å². The molecule has 0 bridgehead atoms. The van der Waals surface area contributed by atoms with Gasteiger partial charge in [-0.05, 0) is 29.8 Å². The molecular formula is C15H14Cl2N2O4S. The molecule has 0 radical (unpaired) electrons. The van der Waals surface area contributed by atoms with E-state index in [-0.39, 0.29) is 17.3 Å². The number of ether oxygens (including phenoxy) is 1. The summed E-state index contributed by atoms with van der Waals surface area (Å²) in [7, 11) is -2.40. The van der Waals surface area contributed by atoms with Crippen LogP contribution in [0, 0.1) is 0 Å². The molecule has 0 saturated carbocycles. The second-order valence-corrected chi connectivity index (χ2v) is 7.45. The van der Waals surface area contributed by atoms with E-state index in [4.69, 9.17) is 27.9 Å². The summed E-state index contributed by atoms with van der Waals surface area (Å²) >= 11 is 11.5. The lowest BCUT2D eigenvalue weighted by atomic mass is 10.1. The Morgan fingerprint density at radius 2 is 2.00 bits per heavy atom. The summed E-state index contributed by atoms with van der Waals surface area (Å²) in [5.41, 5.74) is 0.908. The van der Waals surface area contributed by atoms with Gasteiger partial charge in [-0.3, -0.25) is 9.52 Å². The van der Waals surface area contributed by atoms with Crippen molar-refractivity contribution in [2.24, 2.45) is 0 Å². The van der Waals surface area contributed by atoms with Gasteiger partial charge in [0.25, 0.3) is 0 Å². The van der Waals surface area contributed by atoms with Gasteiger partial charge in [-0.25, -0.2) is 13.4 Å². The van der Waals surface area contributed by atoms with Crippen LogP contribution in [0.2, 0.25) is 10.2 Å². The maximum absolute atomic E-state index is 12.1. The van der Waals surface area contributed by atoms with Gasteiger partial charge >= 0.3 is 0 Å². The lowest BCUT2D eigenvalue weighted by molar-refractivity contribution is -0.118. The molecule has 1 aromatic carbocycles. The molecule has 2 rings (SSSR count). The van der Waals surface area contributed by atoms with Crippen LogP contribution in [0.15, 0.2) is 36.5 Å². The Bertz CT molecular complexity index is 839. The standard InChI is InChI=1S/C15H14Cl2N2O4S/c1-23-13-4-3-12(16)6-11(13)7-15(20)19-24(21,22)9-10-2-5-14(17)18-8-10/h2-6,8H,7,9H2,1H3,(H,19,20). The highest BCUT2D eigenvalue weighted by molar-refractivity contribution is 7.89. The second-order valence-electron chi connectivity index (χ2n) is 4.91. The predicted molar refractivity (Wildman–Crippen MR) is 91.7 cm³/mol. The third-order valence-corrected chi connectivity index (χ3v) is 4.72. The number of rotatable bonds is 6. The molecule has 0 aliphatic carbocycles. The molecule has 0 fully saturated rings. The van der Waals surface area contributed by atoms with E-state index in [1.807, 2.05) is 4.72 Å². The van der Waals surface area contributed by atoms with E-state index in [2.05, 4.69) is 4.98 Å². The van der Waals surface area contributed by atoms with Gasteiger partial charge < -0.3 is 4.74 Å². The van der Waals surface area contributed by atoms with Gasteiger partial charge in [0.1, 0.15) is 10.9 Å². The number of pyridine rings is 1. The van der Waals surface area contributed by atoms with E-state index in [0.29, 0.717) is 21.9 Å². The average molecular weight is 389 g/mol. The number of aromatic nitrogens is 1. The minimum Gasteiger partial charge on any atom is -0.496 e. The number of nitrogens with zero attached hydrogens (tertiary/aromatic N) is 1.